The van der Waals surface area contributed by atoms with Crippen LogP contribution in [0.25, 0.3) is 0 Å². The molecular weight excluding hydrogens is 508 g/mol. The van der Waals surface area contributed by atoms with Gasteiger partial charge in [0.1, 0.15) is 6.54 Å². The zero-order valence-electron chi connectivity index (χ0n) is 18.1. The molecule has 3 aromatic rings. The van der Waals surface area contributed by atoms with Gasteiger partial charge in [0.05, 0.1) is 22.8 Å². The molecule has 0 fully saturated rings. The molecule has 1 amide bonds. The summed E-state index contributed by atoms with van der Waals surface area (Å²) in [6.45, 7) is 3.34. The topological polar surface area (TPSA) is 92.8 Å². The van der Waals surface area contributed by atoms with Gasteiger partial charge < -0.3 is 10.1 Å². The number of nitrogens with one attached hydrogen (secondary N) is 1. The van der Waals surface area contributed by atoms with Gasteiger partial charge in [0.2, 0.25) is 5.91 Å². The number of aryl methyl sites for hydroxylation is 1. The van der Waals surface area contributed by atoms with Crippen LogP contribution in [0.4, 0.5) is 11.4 Å². The van der Waals surface area contributed by atoms with Crippen molar-refractivity contribution in [3.63, 3.8) is 0 Å². The van der Waals surface area contributed by atoms with Gasteiger partial charge in [0, 0.05) is 10.2 Å². The predicted octanol–water partition coefficient (Wildman–Crippen LogP) is 4.77. The highest BCUT2D eigenvalue weighted by molar-refractivity contribution is 9.10. The first-order valence-corrected chi connectivity index (χ1v) is 12.4. The Labute approximate surface area is 201 Å². The summed E-state index contributed by atoms with van der Waals surface area (Å²) in [6.07, 6.45) is 0. The Balaban J connectivity index is 1.88. The smallest absolute Gasteiger partial charge is 0.338 e. The van der Waals surface area contributed by atoms with Crippen molar-refractivity contribution in [1.82, 2.24) is 0 Å². The highest BCUT2D eigenvalue weighted by Crippen LogP contribution is 2.26. The molecule has 0 aliphatic rings. The summed E-state index contributed by atoms with van der Waals surface area (Å²) in [7, 11) is -4.02. The summed E-state index contributed by atoms with van der Waals surface area (Å²) in [5, 5.41) is 2.66. The Hall–Kier alpha value is -3.17. The summed E-state index contributed by atoms with van der Waals surface area (Å²) in [5.41, 5.74) is 1.90. The number of rotatable bonds is 8. The van der Waals surface area contributed by atoms with Crippen molar-refractivity contribution in [3.8, 4) is 0 Å². The van der Waals surface area contributed by atoms with Crippen LogP contribution in [0.2, 0.25) is 0 Å². The van der Waals surface area contributed by atoms with Crippen molar-refractivity contribution in [1.29, 1.82) is 0 Å². The molecule has 0 spiro atoms. The minimum Gasteiger partial charge on any atom is -0.462 e. The van der Waals surface area contributed by atoms with E-state index < -0.39 is 28.4 Å². The summed E-state index contributed by atoms with van der Waals surface area (Å²) in [5.74, 6) is -1.07. The molecule has 7 nitrogen and oxygen atoms in total. The van der Waals surface area contributed by atoms with E-state index in [-0.39, 0.29) is 17.1 Å². The Morgan fingerprint density at radius 3 is 2.30 bits per heavy atom. The second-order valence-corrected chi connectivity index (χ2v) is 9.93. The van der Waals surface area contributed by atoms with Gasteiger partial charge in [-0.05, 0) is 68.4 Å². The Kier molecular flexibility index (Phi) is 7.88. The molecule has 0 heterocycles. The molecule has 0 bridgehead atoms. The van der Waals surface area contributed by atoms with E-state index in [0.717, 1.165) is 14.3 Å². The fourth-order valence-electron chi connectivity index (χ4n) is 3.03. The first kappa shape index (κ1) is 24.5. The van der Waals surface area contributed by atoms with Gasteiger partial charge in [0.15, 0.2) is 0 Å². The zero-order chi connectivity index (χ0) is 24.0. The van der Waals surface area contributed by atoms with E-state index in [1.807, 2.05) is 6.92 Å². The highest BCUT2D eigenvalue weighted by Gasteiger charge is 2.27. The summed E-state index contributed by atoms with van der Waals surface area (Å²) in [6, 6.07) is 19.3. The molecule has 0 aromatic heterocycles. The first-order chi connectivity index (χ1) is 15.7. The van der Waals surface area contributed by atoms with E-state index in [2.05, 4.69) is 21.2 Å². The third-order valence-electron chi connectivity index (χ3n) is 4.67. The van der Waals surface area contributed by atoms with E-state index in [0.29, 0.717) is 11.4 Å². The minimum atomic E-state index is -4.02. The van der Waals surface area contributed by atoms with Crippen LogP contribution >= 0.6 is 15.9 Å². The number of amides is 1. The Morgan fingerprint density at radius 1 is 1.00 bits per heavy atom. The average Bonchev–Trinajstić information content (AvgIpc) is 2.79. The summed E-state index contributed by atoms with van der Waals surface area (Å²) >= 11 is 3.34. The zero-order valence-corrected chi connectivity index (χ0v) is 20.5. The molecule has 0 radical (unpaired) electrons. The van der Waals surface area contributed by atoms with Crippen molar-refractivity contribution in [2.24, 2.45) is 0 Å². The maximum atomic E-state index is 13.4. The molecule has 9 heteroatoms. The fraction of sp³-hybridized carbons (Fsp3) is 0.167. The van der Waals surface area contributed by atoms with E-state index >= 15 is 0 Å². The van der Waals surface area contributed by atoms with Crippen LogP contribution < -0.4 is 9.62 Å². The average molecular weight is 531 g/mol. The van der Waals surface area contributed by atoms with Gasteiger partial charge in [-0.1, -0.05) is 39.7 Å². The van der Waals surface area contributed by atoms with Crippen LogP contribution in [-0.2, 0) is 19.6 Å². The predicted molar refractivity (Wildman–Crippen MR) is 131 cm³/mol. The number of sulfonamides is 1. The number of ether oxygens (including phenoxy) is 1. The number of anilines is 2. The van der Waals surface area contributed by atoms with Gasteiger partial charge in [-0.15, -0.1) is 0 Å². The van der Waals surface area contributed by atoms with Crippen LogP contribution in [0.5, 0.6) is 0 Å². The number of hydrogen-bond donors (Lipinski definition) is 1. The number of nitrogens with zero attached hydrogens (tertiary/aromatic N) is 1. The molecule has 0 saturated heterocycles. The summed E-state index contributed by atoms with van der Waals surface area (Å²) in [4.78, 5) is 24.9. The normalized spacial score (nSPS) is 11.0. The summed E-state index contributed by atoms with van der Waals surface area (Å²) < 4.78 is 33.6. The third kappa shape index (κ3) is 6.21. The lowest BCUT2D eigenvalue weighted by Gasteiger charge is -2.24. The Morgan fingerprint density at radius 2 is 1.67 bits per heavy atom. The van der Waals surface area contributed by atoms with E-state index in [1.165, 1.54) is 18.2 Å². The van der Waals surface area contributed by atoms with Gasteiger partial charge in [-0.25, -0.2) is 13.2 Å². The Bertz CT molecular complexity index is 1240. The third-order valence-corrected chi connectivity index (χ3v) is 6.99. The molecule has 3 rings (SSSR count). The van der Waals surface area contributed by atoms with Crippen LogP contribution in [0, 0.1) is 6.92 Å². The molecule has 33 heavy (non-hydrogen) atoms. The molecule has 1 N–H and O–H groups in total. The number of esters is 1. The second-order valence-electron chi connectivity index (χ2n) is 7.15. The van der Waals surface area contributed by atoms with Gasteiger partial charge in [-0.2, -0.15) is 0 Å². The quantitative estimate of drug-likeness (QED) is 0.423. The van der Waals surface area contributed by atoms with Crippen molar-refractivity contribution in [2.45, 2.75) is 18.7 Å². The second kappa shape index (κ2) is 10.6. The molecule has 3 aromatic carbocycles. The number of halogens is 1. The molecular formula is C24H23BrN2O5S. The largest absolute Gasteiger partial charge is 0.462 e. The highest BCUT2D eigenvalue weighted by atomic mass is 79.9. The molecule has 0 atom stereocenters. The molecule has 0 aliphatic heterocycles. The number of carbonyl (C=O) groups excluding carboxylic acids is 2. The van der Waals surface area contributed by atoms with Crippen molar-refractivity contribution in [2.75, 3.05) is 22.8 Å². The molecule has 172 valence electrons. The first-order valence-electron chi connectivity index (χ1n) is 10.1. The van der Waals surface area contributed by atoms with Crippen LogP contribution in [0.1, 0.15) is 22.8 Å². The monoisotopic (exact) mass is 530 g/mol. The lowest BCUT2D eigenvalue weighted by atomic mass is 10.2. The standard InChI is InChI=1S/C24H23BrN2O5S/c1-3-32-24(29)18-5-4-6-20(15-18)26-23(28)16-27(21-11-9-19(25)10-12-21)33(30,31)22-13-7-17(2)8-14-22/h4-15H,3,16H2,1-2H3,(H,26,28). The lowest BCUT2D eigenvalue weighted by molar-refractivity contribution is -0.114. The van der Waals surface area contributed by atoms with E-state index in [4.69, 9.17) is 4.74 Å². The van der Waals surface area contributed by atoms with Crippen LogP contribution in [0.15, 0.2) is 82.2 Å². The number of benzene rings is 3. The van der Waals surface area contributed by atoms with Gasteiger partial charge in [0.25, 0.3) is 10.0 Å². The lowest BCUT2D eigenvalue weighted by Crippen LogP contribution is -2.38. The number of carbonyl (C=O) groups is 2. The van der Waals surface area contributed by atoms with E-state index in [1.54, 1.807) is 61.5 Å². The number of hydrogen-bond acceptors (Lipinski definition) is 5. The fourth-order valence-corrected chi connectivity index (χ4v) is 4.71. The van der Waals surface area contributed by atoms with E-state index in [9.17, 15) is 18.0 Å². The van der Waals surface area contributed by atoms with Crippen LogP contribution in [0.3, 0.4) is 0 Å². The van der Waals surface area contributed by atoms with Gasteiger partial charge >= 0.3 is 5.97 Å². The molecule has 0 saturated carbocycles. The van der Waals surface area contributed by atoms with Gasteiger partial charge in [-0.3, -0.25) is 9.10 Å². The van der Waals surface area contributed by atoms with Crippen molar-refractivity contribution >= 4 is 49.2 Å². The van der Waals surface area contributed by atoms with Crippen molar-refractivity contribution in [3.05, 3.63) is 88.4 Å². The maximum absolute atomic E-state index is 13.4. The minimum absolute atomic E-state index is 0.0770. The van der Waals surface area contributed by atoms with Crippen LogP contribution in [-0.4, -0.2) is 33.4 Å². The SMILES string of the molecule is CCOC(=O)c1cccc(NC(=O)CN(c2ccc(Br)cc2)S(=O)(=O)c2ccc(C)cc2)c1. The molecule has 0 unspecified atom stereocenters. The van der Waals surface area contributed by atoms with Crippen molar-refractivity contribution < 1.29 is 22.7 Å². The maximum Gasteiger partial charge on any atom is 0.338 e. The molecule has 0 aliphatic carbocycles.